The van der Waals surface area contributed by atoms with Crippen molar-refractivity contribution in [3.8, 4) is 5.69 Å². The highest BCUT2D eigenvalue weighted by Crippen LogP contribution is 2.07. The maximum absolute atomic E-state index is 11.6. The van der Waals surface area contributed by atoms with E-state index in [1.165, 1.54) is 0 Å². The van der Waals surface area contributed by atoms with Gasteiger partial charge in [-0.25, -0.2) is 4.79 Å². The number of carboxylic acid groups (broad SMARTS) is 1. The van der Waals surface area contributed by atoms with Crippen molar-refractivity contribution in [3.63, 3.8) is 0 Å². The average Bonchev–Trinajstić information content (AvgIpc) is 2.55. The van der Waals surface area contributed by atoms with Crippen molar-refractivity contribution < 1.29 is 14.7 Å². The van der Waals surface area contributed by atoms with Crippen LogP contribution in [0.3, 0.4) is 0 Å². The number of carbonyl (C=O) groups is 1. The van der Waals surface area contributed by atoms with Crippen LogP contribution in [0.15, 0.2) is 30.3 Å². The number of aromatic nitrogens is 3. The van der Waals surface area contributed by atoms with E-state index in [1.807, 2.05) is 0 Å². The number of nitrogens with zero attached hydrogens (tertiary/aromatic N) is 3. The zero-order valence-electron chi connectivity index (χ0n) is 8.07. The molecule has 2 rings (SSSR count). The molecule has 1 aromatic heterocycles. The largest absolute Gasteiger partial charge is 0.692 e. The summed E-state index contributed by atoms with van der Waals surface area (Å²) in [6, 6.07) is 8.41. The van der Waals surface area contributed by atoms with E-state index in [4.69, 9.17) is 10.8 Å². The summed E-state index contributed by atoms with van der Waals surface area (Å²) >= 11 is 0. The number of anilines is 1. The molecule has 0 aliphatic rings. The van der Waals surface area contributed by atoms with Gasteiger partial charge in [0, 0.05) is 0 Å². The lowest BCUT2D eigenvalue weighted by atomic mass is 10.3. The van der Waals surface area contributed by atoms with Crippen molar-refractivity contribution in [1.82, 2.24) is 9.90 Å². The molecule has 0 amide bonds. The summed E-state index contributed by atoms with van der Waals surface area (Å²) in [6.07, 6.45) is 0. The first kappa shape index (κ1) is 9.97. The number of rotatable bonds is 2. The molecule has 0 unspecified atom stereocenters. The van der Waals surface area contributed by atoms with Crippen LogP contribution in [0, 0.1) is 5.21 Å². The minimum absolute atomic E-state index is 0.146. The Morgan fingerprint density at radius 2 is 2.06 bits per heavy atom. The Bertz CT molecular complexity index is 535. The van der Waals surface area contributed by atoms with Gasteiger partial charge in [-0.3, -0.25) is 0 Å². The second-order valence-corrected chi connectivity index (χ2v) is 3.04. The Hall–Kier alpha value is -2.57. The molecule has 82 valence electrons. The summed E-state index contributed by atoms with van der Waals surface area (Å²) in [7, 11) is 0. The van der Waals surface area contributed by atoms with Crippen LogP contribution in [-0.2, 0) is 0 Å². The van der Waals surface area contributed by atoms with E-state index in [-0.39, 0.29) is 10.7 Å². The first-order chi connectivity index (χ1) is 7.61. The van der Waals surface area contributed by atoms with Gasteiger partial charge in [-0.1, -0.05) is 18.2 Å². The van der Waals surface area contributed by atoms with Crippen LogP contribution in [0.1, 0.15) is 10.5 Å². The van der Waals surface area contributed by atoms with Gasteiger partial charge in [-0.05, 0) is 16.9 Å². The van der Waals surface area contributed by atoms with Gasteiger partial charge in [-0.2, -0.15) is 0 Å². The van der Waals surface area contributed by atoms with E-state index in [9.17, 15) is 10.0 Å². The second kappa shape index (κ2) is 3.54. The van der Waals surface area contributed by atoms with E-state index in [0.29, 0.717) is 5.69 Å². The topological polar surface area (TPSA) is 108 Å². The lowest BCUT2D eigenvalue weighted by Gasteiger charge is -2.03. The summed E-state index contributed by atoms with van der Waals surface area (Å²) in [4.78, 5) is 11.8. The Morgan fingerprint density at radius 1 is 1.44 bits per heavy atom. The Labute approximate surface area is 89.9 Å². The zero-order valence-corrected chi connectivity index (χ0v) is 8.07. The van der Waals surface area contributed by atoms with Gasteiger partial charge in [0.25, 0.3) is 0 Å². The third kappa shape index (κ3) is 1.44. The number of carboxylic acids is 1. The van der Waals surface area contributed by atoms with Crippen molar-refractivity contribution in [2.24, 2.45) is 0 Å². The second-order valence-electron chi connectivity index (χ2n) is 3.04. The van der Waals surface area contributed by atoms with Crippen molar-refractivity contribution in [3.05, 3.63) is 41.2 Å². The quantitative estimate of drug-likeness (QED) is 0.537. The normalized spacial score (nSPS) is 10.2. The molecule has 0 saturated heterocycles. The van der Waals surface area contributed by atoms with Gasteiger partial charge in [0.15, 0.2) is 0 Å². The maximum Gasteiger partial charge on any atom is 0.385 e. The number of nitrogen functional groups attached to an aromatic ring is 1. The number of hydrogen-bond donors (Lipinski definition) is 2. The highest BCUT2D eigenvalue weighted by molar-refractivity contribution is 5.88. The fourth-order valence-electron chi connectivity index (χ4n) is 1.30. The van der Waals surface area contributed by atoms with Gasteiger partial charge < -0.3 is 16.0 Å². The summed E-state index contributed by atoms with van der Waals surface area (Å²) in [5.41, 5.74) is 5.21. The Kier molecular flexibility index (Phi) is 2.20. The molecule has 0 aliphatic carbocycles. The van der Waals surface area contributed by atoms with Crippen LogP contribution in [0.5, 0.6) is 0 Å². The molecule has 3 N–H and O–H groups in total. The molecule has 2 aromatic rings. The van der Waals surface area contributed by atoms with Crippen LogP contribution in [0.2, 0.25) is 0 Å². The van der Waals surface area contributed by atoms with Crippen molar-refractivity contribution >= 4 is 11.8 Å². The molecule has 0 spiro atoms. The van der Waals surface area contributed by atoms with Gasteiger partial charge in [0.1, 0.15) is 5.69 Å². The van der Waals surface area contributed by atoms with Crippen LogP contribution >= 0.6 is 0 Å². The molecule has 0 fully saturated rings. The molecule has 16 heavy (non-hydrogen) atoms. The first-order valence-electron chi connectivity index (χ1n) is 4.38. The first-order valence-corrected chi connectivity index (χ1v) is 4.38. The standard InChI is InChI=1S/C9H8N4O3/c10-8-7(9(14)15)13(16)12(11-8)6-4-2-1-3-5-6/h1-5H,(H2,10,11)(H,14,15). The monoisotopic (exact) mass is 220 g/mol. The van der Waals surface area contributed by atoms with Crippen molar-refractivity contribution in [2.75, 3.05) is 5.73 Å². The molecule has 0 atom stereocenters. The third-order valence-corrected chi connectivity index (χ3v) is 2.00. The lowest BCUT2D eigenvalue weighted by Crippen LogP contribution is -2.41. The van der Waals surface area contributed by atoms with Crippen LogP contribution in [-0.4, -0.2) is 21.0 Å². The number of aromatic carboxylic acids is 1. The van der Waals surface area contributed by atoms with Gasteiger partial charge in [0.05, 0.1) is 5.10 Å². The molecular formula is C9H8N4O3. The SMILES string of the molecule is Nc1nn(-c2ccccc2)[n+]([O-])c1C(=O)O. The molecule has 0 aliphatic heterocycles. The fourth-order valence-corrected chi connectivity index (χ4v) is 1.30. The number of benzene rings is 1. The van der Waals surface area contributed by atoms with Crippen molar-refractivity contribution in [1.29, 1.82) is 0 Å². The van der Waals surface area contributed by atoms with E-state index >= 15 is 0 Å². The zero-order chi connectivity index (χ0) is 11.7. The lowest BCUT2D eigenvalue weighted by molar-refractivity contribution is -0.690. The molecule has 0 saturated carbocycles. The maximum atomic E-state index is 11.6. The van der Waals surface area contributed by atoms with Gasteiger partial charge >= 0.3 is 17.5 Å². The van der Waals surface area contributed by atoms with E-state index in [0.717, 1.165) is 4.80 Å². The fraction of sp³-hybridized carbons (Fsp3) is 0. The van der Waals surface area contributed by atoms with E-state index in [2.05, 4.69) is 5.10 Å². The molecule has 1 aromatic carbocycles. The Balaban J connectivity index is 2.61. The highest BCUT2D eigenvalue weighted by atomic mass is 16.5. The minimum Gasteiger partial charge on any atom is -0.692 e. The Morgan fingerprint density at radius 3 is 2.56 bits per heavy atom. The summed E-state index contributed by atoms with van der Waals surface area (Å²) in [6.45, 7) is 0. The third-order valence-electron chi connectivity index (χ3n) is 2.00. The molecule has 7 nitrogen and oxygen atoms in total. The minimum atomic E-state index is -1.41. The highest BCUT2D eigenvalue weighted by Gasteiger charge is 2.26. The van der Waals surface area contributed by atoms with Crippen LogP contribution in [0.25, 0.3) is 5.69 Å². The molecule has 1 heterocycles. The van der Waals surface area contributed by atoms with Crippen molar-refractivity contribution in [2.45, 2.75) is 0 Å². The predicted molar refractivity (Wildman–Crippen MR) is 53.9 cm³/mol. The van der Waals surface area contributed by atoms with Gasteiger partial charge in [0.2, 0.25) is 0 Å². The average molecular weight is 220 g/mol. The smallest absolute Gasteiger partial charge is 0.385 e. The molecule has 0 radical (unpaired) electrons. The summed E-state index contributed by atoms with van der Waals surface area (Å²) in [5, 5.41) is 24.0. The van der Waals surface area contributed by atoms with Gasteiger partial charge in [-0.15, -0.1) is 4.85 Å². The van der Waals surface area contributed by atoms with Crippen LogP contribution in [0.4, 0.5) is 5.82 Å². The number of nitrogens with two attached hydrogens (primary N) is 1. The van der Waals surface area contributed by atoms with E-state index < -0.39 is 11.7 Å². The summed E-state index contributed by atoms with van der Waals surface area (Å²) < 4.78 is 0. The predicted octanol–water partition coefficient (Wildman–Crippen LogP) is -0.214. The summed E-state index contributed by atoms with van der Waals surface area (Å²) in [5.74, 6) is -1.72. The molecular weight excluding hydrogens is 212 g/mol. The number of hydrogen-bond acceptors (Lipinski definition) is 4. The molecule has 0 bridgehead atoms. The van der Waals surface area contributed by atoms with E-state index in [1.54, 1.807) is 30.3 Å². The number of para-hydroxylation sites is 1. The van der Waals surface area contributed by atoms with Crippen LogP contribution < -0.4 is 10.6 Å². The molecule has 7 heteroatoms.